The molecule has 4 rings (SSSR count). The highest BCUT2D eigenvalue weighted by Crippen LogP contribution is 2.35. The lowest BCUT2D eigenvalue weighted by molar-refractivity contribution is -0.138. The van der Waals surface area contributed by atoms with E-state index in [-0.39, 0.29) is 22.9 Å². The summed E-state index contributed by atoms with van der Waals surface area (Å²) in [5.41, 5.74) is 0.384. The highest BCUT2D eigenvalue weighted by molar-refractivity contribution is 6.33. The maximum absolute atomic E-state index is 13.2. The molecule has 0 bridgehead atoms. The summed E-state index contributed by atoms with van der Waals surface area (Å²) >= 11 is 6.09. The number of aromatic nitrogens is 1. The predicted octanol–water partition coefficient (Wildman–Crippen LogP) is 5.20. The van der Waals surface area contributed by atoms with E-state index in [9.17, 15) is 18.0 Å². The zero-order valence-electron chi connectivity index (χ0n) is 17.1. The summed E-state index contributed by atoms with van der Waals surface area (Å²) in [6, 6.07) is 11.4. The fraction of sp³-hybridized carbons (Fsp3) is 0.478. The number of pyridine rings is 1. The third-order valence-electron chi connectivity index (χ3n) is 6.27. The maximum atomic E-state index is 13.2. The molecule has 1 amide bonds. The zero-order valence-corrected chi connectivity index (χ0v) is 17.9. The summed E-state index contributed by atoms with van der Waals surface area (Å²) in [6.45, 7) is 1.89. The van der Waals surface area contributed by atoms with Crippen LogP contribution in [0.25, 0.3) is 0 Å². The molecule has 0 saturated carbocycles. The van der Waals surface area contributed by atoms with E-state index in [0.717, 1.165) is 38.1 Å². The van der Waals surface area contributed by atoms with Gasteiger partial charge in [-0.2, -0.15) is 13.2 Å². The van der Waals surface area contributed by atoms with E-state index >= 15 is 0 Å². The van der Waals surface area contributed by atoms with Crippen molar-refractivity contribution in [2.45, 2.75) is 44.3 Å². The Morgan fingerprint density at radius 3 is 2.45 bits per heavy atom. The largest absolute Gasteiger partial charge is 0.417 e. The van der Waals surface area contributed by atoms with Crippen LogP contribution in [0.2, 0.25) is 5.02 Å². The van der Waals surface area contributed by atoms with Gasteiger partial charge in [-0.15, -0.1) is 0 Å². The quantitative estimate of drug-likeness (QED) is 0.640. The summed E-state index contributed by atoms with van der Waals surface area (Å²) in [5, 5.41) is -0.0120. The van der Waals surface area contributed by atoms with Crippen LogP contribution >= 0.6 is 11.6 Å². The van der Waals surface area contributed by atoms with Gasteiger partial charge in [0.15, 0.2) is 0 Å². The van der Waals surface area contributed by atoms with E-state index in [1.807, 2.05) is 28.0 Å². The number of carbonyl (C=O) groups is 1. The summed E-state index contributed by atoms with van der Waals surface area (Å²) < 4.78 is 38.5. The molecule has 4 nitrogen and oxygen atoms in total. The lowest BCUT2D eigenvalue weighted by Gasteiger charge is -2.35. The smallest absolute Gasteiger partial charge is 0.355 e. The zero-order chi connectivity index (χ0) is 22.0. The van der Waals surface area contributed by atoms with E-state index in [1.54, 1.807) is 0 Å². The standard InChI is InChI=1S/C23H25ClF3N3O/c24-20-14-18(23(25,26)27)15-28-21(20)29-11-8-17(9-12-29)22(31)30-10-4-7-19(30)13-16-5-2-1-3-6-16/h1-3,5-6,14-15,17,19H,4,7-13H2. The molecule has 0 N–H and O–H groups in total. The number of alkyl halides is 3. The van der Waals surface area contributed by atoms with Gasteiger partial charge in [-0.3, -0.25) is 4.79 Å². The van der Waals surface area contributed by atoms with Gasteiger partial charge in [-0.05, 0) is 43.7 Å². The molecule has 1 aromatic carbocycles. The number of hydrogen-bond donors (Lipinski definition) is 0. The minimum absolute atomic E-state index is 0.0120. The fourth-order valence-electron chi connectivity index (χ4n) is 4.62. The Kier molecular flexibility index (Phi) is 6.42. The molecule has 2 aliphatic rings. The molecule has 0 radical (unpaired) electrons. The molecule has 0 spiro atoms. The molecule has 2 aromatic rings. The van der Waals surface area contributed by atoms with Crippen LogP contribution in [0.1, 0.15) is 36.8 Å². The van der Waals surface area contributed by atoms with Gasteiger partial charge in [0, 0.05) is 37.8 Å². The number of benzene rings is 1. The van der Waals surface area contributed by atoms with E-state index in [4.69, 9.17) is 11.6 Å². The Labute approximate surface area is 185 Å². The van der Waals surface area contributed by atoms with Crippen LogP contribution in [0, 0.1) is 5.92 Å². The Balaban J connectivity index is 1.37. The summed E-state index contributed by atoms with van der Waals surface area (Å²) in [5.74, 6) is 0.481. The van der Waals surface area contributed by atoms with Crippen LogP contribution in [0.15, 0.2) is 42.6 Å². The Morgan fingerprint density at radius 1 is 1.10 bits per heavy atom. The molecule has 8 heteroatoms. The van der Waals surface area contributed by atoms with Gasteiger partial charge in [0.05, 0.1) is 10.6 Å². The van der Waals surface area contributed by atoms with Crippen molar-refractivity contribution in [3.05, 3.63) is 58.7 Å². The Hall–Kier alpha value is -2.28. The average Bonchev–Trinajstić information content (AvgIpc) is 3.21. The number of likely N-dealkylation sites (tertiary alicyclic amines) is 1. The van der Waals surface area contributed by atoms with Crippen LogP contribution in [-0.4, -0.2) is 41.5 Å². The first-order valence-electron chi connectivity index (χ1n) is 10.6. The lowest BCUT2D eigenvalue weighted by Crippen LogP contribution is -2.45. The van der Waals surface area contributed by atoms with Crippen LogP contribution in [-0.2, 0) is 17.4 Å². The molecular formula is C23H25ClF3N3O. The Bertz CT molecular complexity index is 914. The van der Waals surface area contributed by atoms with Gasteiger partial charge in [0.2, 0.25) is 5.91 Å². The van der Waals surface area contributed by atoms with Gasteiger partial charge in [0.25, 0.3) is 0 Å². The summed E-state index contributed by atoms with van der Waals surface area (Å²) in [6.07, 6.45) is 0.546. The van der Waals surface area contributed by atoms with Crippen molar-refractivity contribution in [3.8, 4) is 0 Å². The first-order chi connectivity index (χ1) is 14.8. The van der Waals surface area contributed by atoms with Crippen molar-refractivity contribution in [2.24, 2.45) is 5.92 Å². The molecule has 0 aliphatic carbocycles. The maximum Gasteiger partial charge on any atom is 0.417 e. The molecule has 2 fully saturated rings. The number of carbonyl (C=O) groups excluding carboxylic acids is 1. The van der Waals surface area contributed by atoms with E-state index in [1.165, 1.54) is 5.56 Å². The third-order valence-corrected chi connectivity index (χ3v) is 6.55. The SMILES string of the molecule is O=C(C1CCN(c2ncc(C(F)(F)F)cc2Cl)CC1)N1CCCC1Cc1ccccc1. The number of hydrogen-bond acceptors (Lipinski definition) is 3. The second-order valence-corrected chi connectivity index (χ2v) is 8.71. The molecule has 1 atom stereocenters. The first-order valence-corrected chi connectivity index (χ1v) is 11.0. The Morgan fingerprint density at radius 2 is 1.81 bits per heavy atom. The second kappa shape index (κ2) is 9.07. The van der Waals surface area contributed by atoms with Gasteiger partial charge in [-0.25, -0.2) is 4.98 Å². The van der Waals surface area contributed by atoms with Crippen LogP contribution in [0.4, 0.5) is 19.0 Å². The summed E-state index contributed by atoms with van der Waals surface area (Å²) in [7, 11) is 0. The van der Waals surface area contributed by atoms with Crippen LogP contribution in [0.3, 0.4) is 0 Å². The highest BCUT2D eigenvalue weighted by atomic mass is 35.5. The number of nitrogens with zero attached hydrogens (tertiary/aromatic N) is 3. The number of piperidine rings is 1. The van der Waals surface area contributed by atoms with Gasteiger partial charge in [0.1, 0.15) is 5.82 Å². The lowest BCUT2D eigenvalue weighted by atomic mass is 9.94. The molecular weight excluding hydrogens is 427 g/mol. The average molecular weight is 452 g/mol. The van der Waals surface area contributed by atoms with Crippen molar-refractivity contribution in [1.29, 1.82) is 0 Å². The van der Waals surface area contributed by atoms with Crippen molar-refractivity contribution in [3.63, 3.8) is 0 Å². The van der Waals surface area contributed by atoms with Crippen LogP contribution < -0.4 is 4.90 Å². The van der Waals surface area contributed by atoms with E-state index in [0.29, 0.717) is 31.7 Å². The first kappa shape index (κ1) is 21.9. The number of halogens is 4. The molecule has 31 heavy (non-hydrogen) atoms. The van der Waals surface area contributed by atoms with Gasteiger partial charge < -0.3 is 9.80 Å². The third kappa shape index (κ3) is 4.97. The van der Waals surface area contributed by atoms with Crippen molar-refractivity contribution in [1.82, 2.24) is 9.88 Å². The predicted molar refractivity (Wildman–Crippen MR) is 114 cm³/mol. The summed E-state index contributed by atoms with van der Waals surface area (Å²) in [4.78, 5) is 21.1. The number of amides is 1. The number of rotatable bonds is 4. The van der Waals surface area contributed by atoms with Crippen molar-refractivity contribution < 1.29 is 18.0 Å². The highest BCUT2D eigenvalue weighted by Gasteiger charge is 2.36. The van der Waals surface area contributed by atoms with Gasteiger partial charge in [-0.1, -0.05) is 41.9 Å². The van der Waals surface area contributed by atoms with Crippen LogP contribution in [0.5, 0.6) is 0 Å². The van der Waals surface area contributed by atoms with Crippen molar-refractivity contribution >= 4 is 23.3 Å². The number of anilines is 1. The monoisotopic (exact) mass is 451 g/mol. The fourth-order valence-corrected chi connectivity index (χ4v) is 4.90. The molecule has 3 heterocycles. The topological polar surface area (TPSA) is 36.4 Å². The minimum atomic E-state index is -4.47. The minimum Gasteiger partial charge on any atom is -0.355 e. The van der Waals surface area contributed by atoms with E-state index in [2.05, 4.69) is 17.1 Å². The second-order valence-electron chi connectivity index (χ2n) is 8.31. The molecule has 1 unspecified atom stereocenters. The molecule has 1 aromatic heterocycles. The normalized spacial score (nSPS) is 20.3. The van der Waals surface area contributed by atoms with Gasteiger partial charge >= 0.3 is 6.18 Å². The molecule has 2 aliphatic heterocycles. The molecule has 166 valence electrons. The molecule has 2 saturated heterocycles. The van der Waals surface area contributed by atoms with E-state index < -0.39 is 11.7 Å². The van der Waals surface area contributed by atoms with Crippen molar-refractivity contribution in [2.75, 3.05) is 24.5 Å².